The molecule has 2 bridgehead atoms. The van der Waals surface area contributed by atoms with Gasteiger partial charge in [0.2, 0.25) is 17.8 Å². The summed E-state index contributed by atoms with van der Waals surface area (Å²) in [5.74, 6) is -10.4. The molecule has 0 aliphatic carbocycles. The molecular weight excluding hydrogens is 596 g/mol. The zero-order valence-electron chi connectivity index (χ0n) is 21.7. The van der Waals surface area contributed by atoms with Crippen molar-refractivity contribution in [3.8, 4) is 40.2 Å². The molecule has 1 saturated heterocycles. The molecule has 5 atom stereocenters. The topological polar surface area (TPSA) is 283 Å². The van der Waals surface area contributed by atoms with E-state index >= 15 is 0 Å². The average molecular weight is 616 g/mol. The van der Waals surface area contributed by atoms with Gasteiger partial charge in [0.1, 0.15) is 12.2 Å². The summed E-state index contributed by atoms with van der Waals surface area (Å²) in [5.41, 5.74) is -2.90. The van der Waals surface area contributed by atoms with Crippen LogP contribution in [0.5, 0.6) is 40.2 Å². The molecule has 6 rings (SSSR count). The Kier molecular flexibility index (Phi) is 6.45. The molecule has 17 nitrogen and oxygen atoms in total. The third kappa shape index (κ3) is 4.17. The van der Waals surface area contributed by atoms with Crippen molar-refractivity contribution in [3.63, 3.8) is 0 Å². The van der Waals surface area contributed by atoms with Gasteiger partial charge in [-0.05, 0) is 24.3 Å². The number of ether oxygens (including phenoxy) is 4. The van der Waals surface area contributed by atoms with Crippen LogP contribution in [0.2, 0.25) is 0 Å². The normalized spacial score (nSPS) is 23.3. The lowest BCUT2D eigenvalue weighted by Crippen LogP contribution is -2.61. The van der Waals surface area contributed by atoms with Crippen molar-refractivity contribution in [2.75, 3.05) is 6.61 Å². The number of aliphatic hydroxyl groups excluding tert-OH is 2. The van der Waals surface area contributed by atoms with Gasteiger partial charge >= 0.3 is 17.9 Å². The third-order valence-corrected chi connectivity index (χ3v) is 7.18. The van der Waals surface area contributed by atoms with Gasteiger partial charge in [0.25, 0.3) is 0 Å². The van der Waals surface area contributed by atoms with Gasteiger partial charge in [0.15, 0.2) is 52.1 Å². The maximum absolute atomic E-state index is 13.6. The number of benzene rings is 3. The summed E-state index contributed by atoms with van der Waals surface area (Å²) < 4.78 is 27.0. The number of hydrogen-bond donors (Lipinski definition) is 9. The van der Waals surface area contributed by atoms with E-state index in [4.69, 9.17) is 23.4 Å². The molecule has 3 aromatic carbocycles. The Balaban J connectivity index is 1.50. The van der Waals surface area contributed by atoms with E-state index in [-0.39, 0.29) is 5.39 Å². The first-order valence-electron chi connectivity index (χ1n) is 12.5. The quantitative estimate of drug-likeness (QED) is 0.0861. The van der Waals surface area contributed by atoms with Crippen molar-refractivity contribution in [3.05, 3.63) is 41.0 Å². The molecule has 0 saturated carbocycles. The first kappa shape index (κ1) is 28.5. The summed E-state index contributed by atoms with van der Waals surface area (Å²) in [6, 6.07) is 2.91. The van der Waals surface area contributed by atoms with Crippen molar-refractivity contribution in [2.24, 2.45) is 0 Å². The summed E-state index contributed by atoms with van der Waals surface area (Å²) in [5, 5.41) is 91.0. The molecule has 2 aliphatic rings. The lowest BCUT2D eigenvalue weighted by Gasteiger charge is -2.42. The highest BCUT2D eigenvalue weighted by atomic mass is 16.7. The Morgan fingerprint density at radius 3 is 1.70 bits per heavy atom. The van der Waals surface area contributed by atoms with Crippen LogP contribution in [0.1, 0.15) is 31.1 Å². The number of phenols is 7. The number of carbonyl (C=O) groups is 3. The van der Waals surface area contributed by atoms with Crippen LogP contribution in [-0.4, -0.2) is 101 Å². The fraction of sp³-hybridized carbons (Fsp3) is 0.222. The highest BCUT2D eigenvalue weighted by Gasteiger charge is 2.52. The minimum atomic E-state index is -2.08. The number of esters is 3. The molecule has 5 unspecified atom stereocenters. The van der Waals surface area contributed by atoms with E-state index in [1.54, 1.807) is 0 Å². The van der Waals surface area contributed by atoms with Gasteiger partial charge in [-0.2, -0.15) is 0 Å². The Bertz CT molecular complexity index is 1870. The number of phenolic OH excluding ortho intramolecular Hbond substituents is 7. The first-order chi connectivity index (χ1) is 20.8. The van der Waals surface area contributed by atoms with Gasteiger partial charge in [0, 0.05) is 10.8 Å². The van der Waals surface area contributed by atoms with Crippen LogP contribution in [0.3, 0.4) is 0 Å². The standard InChI is InChI=1S/C27H20O17/c28-5-13-20-19(36)23(27(40-13)44-24(37)6-1-9(29)16(33)10(30)2-6)43-26(39)8-4-12(32)18(35)22-15(8)14-7(25(38)42-20)3-11(31)17(34)21(14)41-22/h1-4,13,19-20,23,27-36H,5H2. The molecule has 0 spiro atoms. The summed E-state index contributed by atoms with van der Waals surface area (Å²) in [4.78, 5) is 39.9. The summed E-state index contributed by atoms with van der Waals surface area (Å²) in [6.45, 7) is -0.960. The highest BCUT2D eigenvalue weighted by Crippen LogP contribution is 2.48. The van der Waals surface area contributed by atoms with E-state index in [0.29, 0.717) is 0 Å². The lowest BCUT2D eigenvalue weighted by atomic mass is 9.98. The van der Waals surface area contributed by atoms with Gasteiger partial charge < -0.3 is 69.3 Å². The predicted molar refractivity (Wildman–Crippen MR) is 137 cm³/mol. The zero-order valence-corrected chi connectivity index (χ0v) is 21.7. The number of fused-ring (bicyclic) bond motifs is 2. The van der Waals surface area contributed by atoms with Crippen molar-refractivity contribution in [1.29, 1.82) is 0 Å². The zero-order chi connectivity index (χ0) is 31.8. The molecule has 2 aliphatic heterocycles. The molecule has 0 amide bonds. The molecular formula is C27H20O17. The second-order valence-electron chi connectivity index (χ2n) is 9.82. The SMILES string of the molecule is O=C(OC1OC(CO)C2OC(=O)c3cc(O)c(O)c4oc5c(O)c(O)cc(c5c34)C(=O)OC1C2O)c1cc(O)c(O)c(O)c1. The molecule has 230 valence electrons. The molecule has 17 heteroatoms. The van der Waals surface area contributed by atoms with Crippen LogP contribution in [0.4, 0.5) is 0 Å². The molecule has 1 aromatic heterocycles. The summed E-state index contributed by atoms with van der Waals surface area (Å²) >= 11 is 0. The smallest absolute Gasteiger partial charge is 0.340 e. The van der Waals surface area contributed by atoms with Crippen molar-refractivity contribution in [1.82, 2.24) is 0 Å². The van der Waals surface area contributed by atoms with Gasteiger partial charge in [0.05, 0.1) is 23.3 Å². The first-order valence-corrected chi connectivity index (χ1v) is 12.5. The summed E-state index contributed by atoms with van der Waals surface area (Å²) in [7, 11) is 0. The minimum absolute atomic E-state index is 0.370. The highest BCUT2D eigenvalue weighted by molar-refractivity contribution is 6.23. The minimum Gasteiger partial charge on any atom is -0.504 e. The van der Waals surface area contributed by atoms with E-state index in [9.17, 15) is 60.3 Å². The van der Waals surface area contributed by atoms with Crippen LogP contribution < -0.4 is 0 Å². The second-order valence-corrected chi connectivity index (χ2v) is 9.82. The molecule has 44 heavy (non-hydrogen) atoms. The van der Waals surface area contributed by atoms with Crippen LogP contribution >= 0.6 is 0 Å². The lowest BCUT2D eigenvalue weighted by molar-refractivity contribution is -0.283. The van der Waals surface area contributed by atoms with E-state index in [2.05, 4.69) is 0 Å². The Morgan fingerprint density at radius 1 is 0.727 bits per heavy atom. The predicted octanol–water partition coefficient (Wildman–Crippen LogP) is 0.525. The number of hydrogen-bond acceptors (Lipinski definition) is 17. The van der Waals surface area contributed by atoms with Gasteiger partial charge in [-0.1, -0.05) is 0 Å². The van der Waals surface area contributed by atoms with Crippen molar-refractivity contribution >= 4 is 39.8 Å². The van der Waals surface area contributed by atoms with Gasteiger partial charge in [-0.25, -0.2) is 14.4 Å². The van der Waals surface area contributed by atoms with Gasteiger partial charge in [-0.3, -0.25) is 0 Å². The van der Waals surface area contributed by atoms with Crippen LogP contribution in [-0.2, 0) is 18.9 Å². The fourth-order valence-electron chi connectivity index (χ4n) is 5.07. The number of aromatic hydroxyl groups is 7. The van der Waals surface area contributed by atoms with E-state index in [1.165, 1.54) is 0 Å². The Hall–Kier alpha value is -5.65. The van der Waals surface area contributed by atoms with Crippen LogP contribution in [0.15, 0.2) is 28.7 Å². The van der Waals surface area contributed by atoms with Crippen molar-refractivity contribution < 1.29 is 83.7 Å². The Labute approximate surface area is 242 Å². The molecule has 0 radical (unpaired) electrons. The Morgan fingerprint density at radius 2 is 1.20 bits per heavy atom. The number of aliphatic hydroxyl groups is 2. The average Bonchev–Trinajstić information content (AvgIpc) is 3.38. The fourth-order valence-corrected chi connectivity index (χ4v) is 5.07. The molecule has 4 aromatic rings. The molecule has 9 N–H and O–H groups in total. The number of carbonyl (C=O) groups excluding carboxylic acids is 3. The maximum Gasteiger partial charge on any atom is 0.340 e. The van der Waals surface area contributed by atoms with Crippen LogP contribution in [0, 0.1) is 0 Å². The second kappa shape index (κ2) is 9.97. The van der Waals surface area contributed by atoms with Crippen molar-refractivity contribution in [2.45, 2.75) is 30.7 Å². The van der Waals surface area contributed by atoms with E-state index in [1.807, 2.05) is 0 Å². The van der Waals surface area contributed by atoms with Gasteiger partial charge in [-0.15, -0.1) is 0 Å². The maximum atomic E-state index is 13.6. The van der Waals surface area contributed by atoms with E-state index in [0.717, 1.165) is 24.3 Å². The summed E-state index contributed by atoms with van der Waals surface area (Å²) in [6.07, 6.45) is -9.60. The van der Waals surface area contributed by atoms with E-state index < -0.39 is 129 Å². The largest absolute Gasteiger partial charge is 0.504 e. The number of rotatable bonds is 3. The third-order valence-electron chi connectivity index (χ3n) is 7.18. The van der Waals surface area contributed by atoms with Crippen LogP contribution in [0.25, 0.3) is 21.9 Å². The molecule has 3 heterocycles. The monoisotopic (exact) mass is 616 g/mol. The number of furan rings is 1. The molecule has 1 fully saturated rings.